The quantitative estimate of drug-likeness (QED) is 0.854. The third-order valence-electron chi connectivity index (χ3n) is 3.77. The molecule has 1 aliphatic heterocycles. The van der Waals surface area contributed by atoms with Gasteiger partial charge in [0.15, 0.2) is 0 Å². The Labute approximate surface area is 114 Å². The number of nitrogens with zero attached hydrogens (tertiary/aromatic N) is 2. The van der Waals surface area contributed by atoms with Crippen molar-refractivity contribution in [2.45, 2.75) is 45.3 Å². The SMILES string of the molecule is CC(C)n1cc(N)cc1C(=O)N1CCC(C)(O)CC1. The highest BCUT2D eigenvalue weighted by Crippen LogP contribution is 2.24. The first kappa shape index (κ1) is 13.9. The minimum absolute atomic E-state index is 0.000833. The van der Waals surface area contributed by atoms with E-state index >= 15 is 0 Å². The Morgan fingerprint density at radius 2 is 2.00 bits per heavy atom. The van der Waals surface area contributed by atoms with Gasteiger partial charge in [0.25, 0.3) is 5.91 Å². The van der Waals surface area contributed by atoms with Gasteiger partial charge in [-0.1, -0.05) is 0 Å². The number of nitrogen functional groups attached to an aromatic ring is 1. The largest absolute Gasteiger partial charge is 0.397 e. The van der Waals surface area contributed by atoms with Crippen molar-refractivity contribution in [3.63, 3.8) is 0 Å². The van der Waals surface area contributed by atoms with Gasteiger partial charge in [0, 0.05) is 25.3 Å². The summed E-state index contributed by atoms with van der Waals surface area (Å²) in [4.78, 5) is 14.3. The molecule has 2 heterocycles. The lowest BCUT2D eigenvalue weighted by molar-refractivity contribution is -0.00235. The molecule has 1 aromatic rings. The molecule has 1 saturated heterocycles. The molecule has 5 nitrogen and oxygen atoms in total. The second-order valence-electron chi connectivity index (χ2n) is 5.95. The van der Waals surface area contributed by atoms with Crippen molar-refractivity contribution in [2.24, 2.45) is 0 Å². The van der Waals surface area contributed by atoms with Crippen LogP contribution in [0.1, 0.15) is 50.1 Å². The molecule has 0 atom stereocenters. The molecule has 0 unspecified atom stereocenters. The van der Waals surface area contributed by atoms with Gasteiger partial charge in [-0.05, 0) is 39.7 Å². The van der Waals surface area contributed by atoms with Crippen molar-refractivity contribution in [2.75, 3.05) is 18.8 Å². The summed E-state index contributed by atoms with van der Waals surface area (Å²) in [6.45, 7) is 7.06. The molecule has 0 saturated carbocycles. The average molecular weight is 265 g/mol. The number of amides is 1. The van der Waals surface area contributed by atoms with Gasteiger partial charge in [-0.25, -0.2) is 0 Å². The van der Waals surface area contributed by atoms with Crippen LogP contribution in [0.4, 0.5) is 5.69 Å². The number of carbonyl (C=O) groups excluding carboxylic acids is 1. The molecule has 0 aromatic carbocycles. The van der Waals surface area contributed by atoms with Crippen molar-refractivity contribution in [1.82, 2.24) is 9.47 Å². The van der Waals surface area contributed by atoms with E-state index in [1.807, 2.05) is 25.3 Å². The number of aliphatic hydroxyl groups is 1. The van der Waals surface area contributed by atoms with Crippen molar-refractivity contribution in [3.05, 3.63) is 18.0 Å². The maximum Gasteiger partial charge on any atom is 0.270 e. The number of piperidine rings is 1. The summed E-state index contributed by atoms with van der Waals surface area (Å²) in [5.74, 6) is 0.000833. The van der Waals surface area contributed by atoms with E-state index in [9.17, 15) is 9.90 Å². The Morgan fingerprint density at radius 1 is 1.42 bits per heavy atom. The lowest BCUT2D eigenvalue weighted by Gasteiger charge is -2.36. The molecule has 0 bridgehead atoms. The van der Waals surface area contributed by atoms with Crippen LogP contribution in [-0.2, 0) is 0 Å². The zero-order valence-corrected chi connectivity index (χ0v) is 11.9. The van der Waals surface area contributed by atoms with E-state index in [4.69, 9.17) is 5.73 Å². The Balaban J connectivity index is 2.17. The summed E-state index contributed by atoms with van der Waals surface area (Å²) < 4.78 is 1.91. The maximum atomic E-state index is 12.5. The highest BCUT2D eigenvalue weighted by Gasteiger charge is 2.31. The first-order chi connectivity index (χ1) is 8.80. The summed E-state index contributed by atoms with van der Waals surface area (Å²) in [7, 11) is 0. The first-order valence-electron chi connectivity index (χ1n) is 6.79. The Bertz CT molecular complexity index is 467. The van der Waals surface area contributed by atoms with Gasteiger partial charge in [0.1, 0.15) is 5.69 Å². The highest BCUT2D eigenvalue weighted by molar-refractivity contribution is 5.94. The van der Waals surface area contributed by atoms with Gasteiger partial charge < -0.3 is 20.3 Å². The van der Waals surface area contributed by atoms with Crippen LogP contribution < -0.4 is 5.73 Å². The monoisotopic (exact) mass is 265 g/mol. The lowest BCUT2D eigenvalue weighted by Crippen LogP contribution is -2.45. The smallest absolute Gasteiger partial charge is 0.270 e. The summed E-state index contributed by atoms with van der Waals surface area (Å²) in [6, 6.07) is 1.93. The second kappa shape index (κ2) is 4.89. The van der Waals surface area contributed by atoms with Crippen LogP contribution in [0.3, 0.4) is 0 Å². The predicted octanol–water partition coefficient (Wildman–Crippen LogP) is 1.64. The maximum absolute atomic E-state index is 12.5. The van der Waals surface area contributed by atoms with Crippen LogP contribution in [0.15, 0.2) is 12.3 Å². The number of carbonyl (C=O) groups is 1. The number of nitrogens with two attached hydrogens (primary N) is 1. The molecule has 1 aliphatic rings. The van der Waals surface area contributed by atoms with E-state index in [0.29, 0.717) is 37.3 Å². The van der Waals surface area contributed by atoms with Crippen LogP contribution in [-0.4, -0.2) is 39.2 Å². The minimum atomic E-state index is -0.643. The molecular weight excluding hydrogens is 242 g/mol. The number of hydrogen-bond donors (Lipinski definition) is 2. The zero-order valence-electron chi connectivity index (χ0n) is 11.9. The molecule has 3 N–H and O–H groups in total. The molecule has 1 fully saturated rings. The molecule has 106 valence electrons. The molecule has 1 aromatic heterocycles. The van der Waals surface area contributed by atoms with E-state index < -0.39 is 5.60 Å². The minimum Gasteiger partial charge on any atom is -0.397 e. The molecule has 0 aliphatic carbocycles. The van der Waals surface area contributed by atoms with Crippen molar-refractivity contribution < 1.29 is 9.90 Å². The number of rotatable bonds is 2. The van der Waals surface area contributed by atoms with Gasteiger partial charge in [0.05, 0.1) is 11.3 Å². The first-order valence-corrected chi connectivity index (χ1v) is 6.79. The standard InChI is InChI=1S/C14H23N3O2/c1-10(2)17-9-11(15)8-12(17)13(18)16-6-4-14(3,19)5-7-16/h8-10,19H,4-7,15H2,1-3H3. The zero-order chi connectivity index (χ0) is 14.2. The Morgan fingerprint density at radius 3 is 2.53 bits per heavy atom. The predicted molar refractivity (Wildman–Crippen MR) is 75.0 cm³/mol. The molecule has 0 radical (unpaired) electrons. The van der Waals surface area contributed by atoms with E-state index in [-0.39, 0.29) is 11.9 Å². The van der Waals surface area contributed by atoms with E-state index in [2.05, 4.69) is 0 Å². The fraction of sp³-hybridized carbons (Fsp3) is 0.643. The summed E-state index contributed by atoms with van der Waals surface area (Å²) in [5.41, 5.74) is 6.40. The average Bonchev–Trinajstić information content (AvgIpc) is 2.70. The van der Waals surface area contributed by atoms with Gasteiger partial charge >= 0.3 is 0 Å². The fourth-order valence-corrected chi connectivity index (χ4v) is 2.45. The Kier molecular flexibility index (Phi) is 3.58. The Hall–Kier alpha value is -1.49. The normalized spacial score (nSPS) is 18.9. The molecule has 0 spiro atoms. The molecule has 19 heavy (non-hydrogen) atoms. The second-order valence-corrected chi connectivity index (χ2v) is 5.95. The number of likely N-dealkylation sites (tertiary alicyclic amines) is 1. The third kappa shape index (κ3) is 2.92. The number of hydrogen-bond acceptors (Lipinski definition) is 3. The van der Waals surface area contributed by atoms with Gasteiger partial charge in [-0.2, -0.15) is 0 Å². The fourth-order valence-electron chi connectivity index (χ4n) is 2.45. The summed E-state index contributed by atoms with van der Waals surface area (Å²) in [5, 5.41) is 9.93. The van der Waals surface area contributed by atoms with E-state index in [0.717, 1.165) is 0 Å². The van der Waals surface area contributed by atoms with Crippen LogP contribution in [0.25, 0.3) is 0 Å². The highest BCUT2D eigenvalue weighted by atomic mass is 16.3. The van der Waals surface area contributed by atoms with Gasteiger partial charge in [-0.15, -0.1) is 0 Å². The lowest BCUT2D eigenvalue weighted by atomic mass is 9.94. The van der Waals surface area contributed by atoms with Crippen LogP contribution in [0.5, 0.6) is 0 Å². The third-order valence-corrected chi connectivity index (χ3v) is 3.77. The van der Waals surface area contributed by atoms with Crippen molar-refractivity contribution in [1.29, 1.82) is 0 Å². The van der Waals surface area contributed by atoms with Crippen LogP contribution in [0.2, 0.25) is 0 Å². The molecular formula is C14H23N3O2. The van der Waals surface area contributed by atoms with Crippen LogP contribution in [0, 0.1) is 0 Å². The van der Waals surface area contributed by atoms with E-state index in [1.54, 1.807) is 17.2 Å². The van der Waals surface area contributed by atoms with E-state index in [1.165, 1.54) is 0 Å². The molecule has 5 heteroatoms. The summed E-state index contributed by atoms with van der Waals surface area (Å²) >= 11 is 0. The number of aromatic nitrogens is 1. The topological polar surface area (TPSA) is 71.5 Å². The van der Waals surface area contributed by atoms with Gasteiger partial charge in [-0.3, -0.25) is 4.79 Å². The van der Waals surface area contributed by atoms with Gasteiger partial charge in [0.2, 0.25) is 0 Å². The van der Waals surface area contributed by atoms with Crippen LogP contribution >= 0.6 is 0 Å². The van der Waals surface area contributed by atoms with Crippen molar-refractivity contribution >= 4 is 11.6 Å². The summed E-state index contributed by atoms with van der Waals surface area (Å²) in [6.07, 6.45) is 3.05. The molecule has 2 rings (SSSR count). The molecule has 1 amide bonds. The number of anilines is 1. The van der Waals surface area contributed by atoms with Crippen molar-refractivity contribution in [3.8, 4) is 0 Å².